The van der Waals surface area contributed by atoms with Crippen LogP contribution in [0.4, 0.5) is 0 Å². The number of aromatic nitrogens is 2. The van der Waals surface area contributed by atoms with E-state index in [1.165, 1.54) is 21.5 Å². The Hall–Kier alpha value is -7.96. The maximum atomic E-state index is 7.24. The average Bonchev–Trinajstić information content (AvgIpc) is 3.96. The molecule has 2 aliphatic rings. The fourth-order valence-electron chi connectivity index (χ4n) is 10.2. The summed E-state index contributed by atoms with van der Waals surface area (Å²) in [4.78, 5) is 0. The first-order valence-electron chi connectivity index (χ1n) is 20.4. The van der Waals surface area contributed by atoms with Gasteiger partial charge < -0.3 is 22.9 Å². The Morgan fingerprint density at radius 1 is 0.383 bits per heavy atom. The molecule has 0 amide bonds. The average molecular weight is 767 g/mol. The van der Waals surface area contributed by atoms with Gasteiger partial charge in [0.25, 0.3) is 0 Å². The van der Waals surface area contributed by atoms with E-state index in [2.05, 4.69) is 185 Å². The largest absolute Gasteiger partial charge is 0.551 e. The third-order valence-corrected chi connectivity index (χ3v) is 12.8. The molecule has 0 unspecified atom stereocenters. The third kappa shape index (κ3) is 4.31. The first kappa shape index (κ1) is 32.1. The van der Waals surface area contributed by atoms with Crippen molar-refractivity contribution in [2.24, 2.45) is 0 Å². The van der Waals surface area contributed by atoms with Crippen molar-refractivity contribution in [2.45, 2.75) is 0 Å². The van der Waals surface area contributed by atoms with Gasteiger partial charge in [-0.1, -0.05) is 115 Å². The first-order chi connectivity index (χ1) is 29.7. The molecule has 0 N–H and O–H groups in total. The van der Waals surface area contributed by atoms with Gasteiger partial charge in [0.1, 0.15) is 28.4 Å². The Labute approximate surface area is 344 Å². The Bertz CT molecular complexity index is 3710. The van der Waals surface area contributed by atoms with Gasteiger partial charge >= 0.3 is 6.92 Å². The molecular formula is C54H31BN2O3. The van der Waals surface area contributed by atoms with Crippen LogP contribution in [0, 0.1) is 0 Å². The van der Waals surface area contributed by atoms with Gasteiger partial charge in [-0.05, 0) is 71.8 Å². The number of fused-ring (bicyclic) bond motifs is 13. The lowest BCUT2D eigenvalue weighted by molar-refractivity contribution is 0.479. The summed E-state index contributed by atoms with van der Waals surface area (Å²) in [5, 5.41) is 7.09. The summed E-state index contributed by atoms with van der Waals surface area (Å²) in [5.41, 5.74) is 14.6. The van der Waals surface area contributed by atoms with Gasteiger partial charge in [0.15, 0.2) is 0 Å². The van der Waals surface area contributed by atoms with Crippen LogP contribution in [0.5, 0.6) is 17.2 Å². The molecule has 6 heteroatoms. The normalized spacial score (nSPS) is 12.9. The molecule has 278 valence electrons. The summed E-state index contributed by atoms with van der Waals surface area (Å²) in [7, 11) is 0. The van der Waals surface area contributed by atoms with Crippen molar-refractivity contribution in [3.8, 4) is 50.9 Å². The van der Waals surface area contributed by atoms with E-state index < -0.39 is 0 Å². The lowest BCUT2D eigenvalue weighted by Crippen LogP contribution is -2.53. The van der Waals surface area contributed by atoms with Crippen molar-refractivity contribution in [3.63, 3.8) is 0 Å². The number of furan rings is 1. The lowest BCUT2D eigenvalue weighted by atomic mass is 9.50. The van der Waals surface area contributed by atoms with Crippen LogP contribution in [0.15, 0.2) is 192 Å². The van der Waals surface area contributed by atoms with E-state index in [9.17, 15) is 0 Å². The summed E-state index contributed by atoms with van der Waals surface area (Å²) in [5.74, 6) is 2.39. The highest BCUT2D eigenvalue weighted by molar-refractivity contribution is 6.84. The Kier molecular flexibility index (Phi) is 6.31. The molecule has 0 saturated carbocycles. The van der Waals surface area contributed by atoms with Gasteiger partial charge in [-0.2, -0.15) is 0 Å². The van der Waals surface area contributed by atoms with Gasteiger partial charge in [0.2, 0.25) is 0 Å². The molecule has 0 spiro atoms. The second-order valence-electron chi connectivity index (χ2n) is 16.0. The highest BCUT2D eigenvalue weighted by atomic mass is 16.5. The Balaban J connectivity index is 1.00. The fourth-order valence-corrected chi connectivity index (χ4v) is 10.2. The van der Waals surface area contributed by atoms with Gasteiger partial charge in [0.05, 0.1) is 22.1 Å². The Morgan fingerprint density at radius 3 is 1.58 bits per heavy atom. The van der Waals surface area contributed by atoms with Crippen molar-refractivity contribution < 1.29 is 13.8 Å². The second kappa shape index (κ2) is 11.8. The lowest BCUT2D eigenvalue weighted by Gasteiger charge is -2.33. The standard InChI is InChI=1S/C54H31BN2O3/c1-6-19-45-36(12-1)37-13-2-7-20-46(37)56(45)33-24-26-41-43-28-32(35-17-11-18-42-40-16-5-10-23-49(40)59-54(35)42)29-52-53(43)55(60-50(41)30-33)44-27-25-34(31-51(44)58-52)57-47-21-8-3-14-38(47)39-15-4-9-22-48(39)57/h1-31H. The summed E-state index contributed by atoms with van der Waals surface area (Å²) in [6.07, 6.45) is 0. The number of hydrogen-bond acceptors (Lipinski definition) is 3. The number of rotatable bonds is 3. The summed E-state index contributed by atoms with van der Waals surface area (Å²) in [6, 6.07) is 66.8. The molecule has 0 saturated heterocycles. The van der Waals surface area contributed by atoms with Crippen molar-refractivity contribution in [2.75, 3.05) is 0 Å². The van der Waals surface area contributed by atoms with Crippen LogP contribution in [0.2, 0.25) is 0 Å². The molecule has 9 aromatic carbocycles. The molecule has 0 fully saturated rings. The molecule has 0 radical (unpaired) electrons. The number of benzene rings is 9. The van der Waals surface area contributed by atoms with Gasteiger partial charge in [-0.25, -0.2) is 0 Å². The quantitative estimate of drug-likeness (QED) is 0.168. The van der Waals surface area contributed by atoms with Crippen molar-refractivity contribution >= 4 is 83.4 Å². The monoisotopic (exact) mass is 766 g/mol. The van der Waals surface area contributed by atoms with E-state index in [-0.39, 0.29) is 6.92 Å². The molecule has 0 bridgehead atoms. The topological polar surface area (TPSA) is 41.5 Å². The third-order valence-electron chi connectivity index (χ3n) is 12.8. The van der Waals surface area contributed by atoms with E-state index in [1.54, 1.807) is 0 Å². The van der Waals surface area contributed by atoms with E-state index >= 15 is 0 Å². The maximum absolute atomic E-state index is 7.24. The smallest absolute Gasteiger partial charge is 0.434 e. The molecule has 5 heterocycles. The minimum absolute atomic E-state index is 0.386. The molecule has 0 atom stereocenters. The molecule has 60 heavy (non-hydrogen) atoms. The minimum atomic E-state index is -0.386. The van der Waals surface area contributed by atoms with E-state index in [0.717, 1.165) is 106 Å². The fraction of sp³-hybridized carbons (Fsp3) is 0. The van der Waals surface area contributed by atoms with Crippen molar-refractivity contribution in [1.82, 2.24) is 9.13 Å². The van der Waals surface area contributed by atoms with E-state index in [1.807, 2.05) is 12.1 Å². The maximum Gasteiger partial charge on any atom is 0.434 e. The molecule has 12 aromatic rings. The number of para-hydroxylation sites is 6. The highest BCUT2D eigenvalue weighted by Crippen LogP contribution is 2.45. The van der Waals surface area contributed by atoms with Crippen LogP contribution in [-0.4, -0.2) is 16.0 Å². The number of nitrogens with zero attached hydrogens (tertiary/aromatic N) is 2. The predicted octanol–water partition coefficient (Wildman–Crippen LogP) is 12.7. The van der Waals surface area contributed by atoms with Crippen LogP contribution in [0.25, 0.3) is 99.2 Å². The summed E-state index contributed by atoms with van der Waals surface area (Å²) < 4.78 is 25.6. The van der Waals surface area contributed by atoms with Gasteiger partial charge in [0, 0.05) is 77.9 Å². The van der Waals surface area contributed by atoms with Crippen LogP contribution < -0.4 is 20.3 Å². The zero-order valence-electron chi connectivity index (χ0n) is 32.1. The molecule has 2 aliphatic heterocycles. The van der Waals surface area contributed by atoms with Crippen molar-refractivity contribution in [1.29, 1.82) is 0 Å². The SMILES string of the molecule is c1ccc2c(c1)oc1c(-c3cc4c5c(c3)-c3ccc(-n6c7ccccc7c7ccccc76)cc3OB5c3ccc(-n5c6ccccc6c6ccccc65)cc3O4)cccc12. The number of hydrogen-bond donors (Lipinski definition) is 0. The molecule has 0 aliphatic carbocycles. The Morgan fingerprint density at radius 2 is 0.933 bits per heavy atom. The van der Waals surface area contributed by atoms with Crippen LogP contribution in [0.3, 0.4) is 0 Å². The van der Waals surface area contributed by atoms with E-state index in [0.29, 0.717) is 0 Å². The molecule has 14 rings (SSSR count). The number of ether oxygens (including phenoxy) is 1. The van der Waals surface area contributed by atoms with Gasteiger partial charge in [-0.15, -0.1) is 0 Å². The minimum Gasteiger partial charge on any atom is -0.551 e. The van der Waals surface area contributed by atoms with Crippen LogP contribution in [-0.2, 0) is 0 Å². The molecule has 5 nitrogen and oxygen atoms in total. The zero-order chi connectivity index (χ0) is 39.1. The van der Waals surface area contributed by atoms with Crippen LogP contribution >= 0.6 is 0 Å². The summed E-state index contributed by atoms with van der Waals surface area (Å²) in [6.45, 7) is -0.386. The summed E-state index contributed by atoms with van der Waals surface area (Å²) >= 11 is 0. The van der Waals surface area contributed by atoms with Gasteiger partial charge in [-0.3, -0.25) is 0 Å². The van der Waals surface area contributed by atoms with Crippen molar-refractivity contribution in [3.05, 3.63) is 188 Å². The second-order valence-corrected chi connectivity index (χ2v) is 16.0. The molecular weight excluding hydrogens is 735 g/mol. The highest BCUT2D eigenvalue weighted by Gasteiger charge is 2.41. The zero-order valence-corrected chi connectivity index (χ0v) is 32.1. The predicted molar refractivity (Wildman–Crippen MR) is 245 cm³/mol. The van der Waals surface area contributed by atoms with E-state index in [4.69, 9.17) is 13.8 Å². The van der Waals surface area contributed by atoms with Crippen LogP contribution in [0.1, 0.15) is 0 Å². The first-order valence-corrected chi connectivity index (χ1v) is 20.4. The molecule has 3 aromatic heterocycles.